The molecule has 0 spiro atoms. The summed E-state index contributed by atoms with van der Waals surface area (Å²) in [6.07, 6.45) is 2.89. The standard InChI is InChI=1S/C23H29F3N2O/c1-2-3-4-5-6-7-22(29)28-21-15-12-18(16-20(21)27)9-8-17-10-13-19(14-11-17)23(24,25)26/h10-16H,2-9,27H2,1H3,(H,28,29). The maximum atomic E-state index is 12.6. The molecule has 0 unspecified atom stereocenters. The lowest BCUT2D eigenvalue weighted by molar-refractivity contribution is -0.137. The van der Waals surface area contributed by atoms with Crippen LogP contribution in [0.5, 0.6) is 0 Å². The number of halogens is 3. The number of anilines is 2. The summed E-state index contributed by atoms with van der Waals surface area (Å²) in [5.74, 6) is -0.0364. The van der Waals surface area contributed by atoms with Gasteiger partial charge in [-0.15, -0.1) is 0 Å². The highest BCUT2D eigenvalue weighted by Crippen LogP contribution is 2.29. The van der Waals surface area contributed by atoms with Crippen LogP contribution in [0.4, 0.5) is 24.5 Å². The van der Waals surface area contributed by atoms with E-state index in [0.717, 1.165) is 42.5 Å². The van der Waals surface area contributed by atoms with E-state index < -0.39 is 11.7 Å². The third-order valence-electron chi connectivity index (χ3n) is 4.88. The minimum Gasteiger partial charge on any atom is -0.397 e. The highest BCUT2D eigenvalue weighted by atomic mass is 19.4. The van der Waals surface area contributed by atoms with Gasteiger partial charge in [0.2, 0.25) is 5.91 Å². The van der Waals surface area contributed by atoms with Crippen LogP contribution in [-0.2, 0) is 23.8 Å². The number of hydrogen-bond acceptors (Lipinski definition) is 2. The molecule has 158 valence electrons. The fourth-order valence-corrected chi connectivity index (χ4v) is 3.13. The van der Waals surface area contributed by atoms with Crippen molar-refractivity contribution in [2.75, 3.05) is 11.1 Å². The maximum Gasteiger partial charge on any atom is 0.416 e. The molecule has 0 saturated heterocycles. The van der Waals surface area contributed by atoms with Gasteiger partial charge in [0, 0.05) is 6.42 Å². The van der Waals surface area contributed by atoms with Crippen molar-refractivity contribution >= 4 is 17.3 Å². The van der Waals surface area contributed by atoms with Crippen LogP contribution in [0.25, 0.3) is 0 Å². The molecule has 0 saturated carbocycles. The monoisotopic (exact) mass is 406 g/mol. The summed E-state index contributed by atoms with van der Waals surface area (Å²) in [5, 5.41) is 2.85. The maximum absolute atomic E-state index is 12.6. The molecule has 2 aromatic rings. The van der Waals surface area contributed by atoms with E-state index in [2.05, 4.69) is 12.2 Å². The van der Waals surface area contributed by atoms with E-state index in [-0.39, 0.29) is 5.91 Å². The van der Waals surface area contributed by atoms with E-state index in [1.165, 1.54) is 25.0 Å². The predicted molar refractivity (Wildman–Crippen MR) is 112 cm³/mol. The van der Waals surface area contributed by atoms with E-state index in [4.69, 9.17) is 5.73 Å². The molecule has 0 heterocycles. The molecule has 0 bridgehead atoms. The van der Waals surface area contributed by atoms with Gasteiger partial charge in [-0.3, -0.25) is 4.79 Å². The van der Waals surface area contributed by atoms with E-state index in [0.29, 0.717) is 30.6 Å². The number of nitrogens with one attached hydrogen (secondary N) is 1. The smallest absolute Gasteiger partial charge is 0.397 e. The molecule has 0 aliphatic carbocycles. The zero-order chi connectivity index (χ0) is 21.3. The zero-order valence-electron chi connectivity index (χ0n) is 16.8. The number of amides is 1. The van der Waals surface area contributed by atoms with Crippen LogP contribution in [0.15, 0.2) is 42.5 Å². The fraction of sp³-hybridized carbons (Fsp3) is 0.435. The topological polar surface area (TPSA) is 55.1 Å². The largest absolute Gasteiger partial charge is 0.416 e. The minimum absolute atomic E-state index is 0.0364. The molecule has 2 aromatic carbocycles. The van der Waals surface area contributed by atoms with Crippen LogP contribution < -0.4 is 11.1 Å². The van der Waals surface area contributed by atoms with Crippen molar-refractivity contribution in [3.8, 4) is 0 Å². The first-order valence-electron chi connectivity index (χ1n) is 10.1. The summed E-state index contributed by atoms with van der Waals surface area (Å²) in [4.78, 5) is 12.0. The number of aryl methyl sites for hydroxylation is 2. The second-order valence-electron chi connectivity index (χ2n) is 7.33. The molecule has 0 atom stereocenters. The number of unbranched alkanes of at least 4 members (excludes halogenated alkanes) is 4. The predicted octanol–water partition coefficient (Wildman–Crippen LogP) is 6.37. The number of carbonyl (C=O) groups is 1. The number of benzene rings is 2. The highest BCUT2D eigenvalue weighted by Gasteiger charge is 2.29. The van der Waals surface area contributed by atoms with Crippen LogP contribution in [0, 0.1) is 0 Å². The van der Waals surface area contributed by atoms with Gasteiger partial charge in [0.1, 0.15) is 0 Å². The summed E-state index contributed by atoms with van der Waals surface area (Å²) in [6.45, 7) is 2.16. The van der Waals surface area contributed by atoms with Crippen LogP contribution in [0.2, 0.25) is 0 Å². The molecule has 6 heteroatoms. The third kappa shape index (κ3) is 7.80. The lowest BCUT2D eigenvalue weighted by Gasteiger charge is -2.11. The van der Waals surface area contributed by atoms with Gasteiger partial charge in [-0.05, 0) is 54.7 Å². The summed E-state index contributed by atoms with van der Waals surface area (Å²) in [6, 6.07) is 10.7. The Bertz CT molecular complexity index is 786. The molecule has 0 aromatic heterocycles. The van der Waals surface area contributed by atoms with Crippen molar-refractivity contribution in [1.82, 2.24) is 0 Å². The molecular weight excluding hydrogens is 377 g/mol. The van der Waals surface area contributed by atoms with E-state index in [1.54, 1.807) is 12.1 Å². The van der Waals surface area contributed by atoms with Crippen molar-refractivity contribution in [2.45, 2.75) is 64.5 Å². The number of hydrogen-bond donors (Lipinski definition) is 2. The van der Waals surface area contributed by atoms with Crippen molar-refractivity contribution < 1.29 is 18.0 Å². The van der Waals surface area contributed by atoms with E-state index >= 15 is 0 Å². The van der Waals surface area contributed by atoms with Gasteiger partial charge in [0.25, 0.3) is 0 Å². The number of nitrogens with two attached hydrogens (primary N) is 1. The average Bonchev–Trinajstić information content (AvgIpc) is 2.68. The highest BCUT2D eigenvalue weighted by molar-refractivity contribution is 5.93. The van der Waals surface area contributed by atoms with Crippen molar-refractivity contribution in [1.29, 1.82) is 0 Å². The molecule has 0 aliphatic rings. The Kier molecular flexibility index (Phi) is 8.55. The quantitative estimate of drug-likeness (QED) is 0.356. The molecule has 29 heavy (non-hydrogen) atoms. The molecule has 3 nitrogen and oxygen atoms in total. The molecule has 0 aliphatic heterocycles. The first-order valence-corrected chi connectivity index (χ1v) is 10.1. The first kappa shape index (κ1) is 22.8. The van der Waals surface area contributed by atoms with Gasteiger partial charge < -0.3 is 11.1 Å². The van der Waals surface area contributed by atoms with Gasteiger partial charge >= 0.3 is 6.18 Å². The summed E-state index contributed by atoms with van der Waals surface area (Å²) in [7, 11) is 0. The Morgan fingerprint density at radius 2 is 1.55 bits per heavy atom. The van der Waals surface area contributed by atoms with E-state index in [1.807, 2.05) is 6.07 Å². The number of alkyl halides is 3. The Hall–Kier alpha value is -2.50. The van der Waals surface area contributed by atoms with Crippen molar-refractivity contribution in [3.63, 3.8) is 0 Å². The number of nitrogen functional groups attached to an aromatic ring is 1. The second kappa shape index (κ2) is 10.9. The molecular formula is C23H29F3N2O. The van der Waals surface area contributed by atoms with Gasteiger partial charge in [-0.1, -0.05) is 50.8 Å². The normalized spacial score (nSPS) is 11.4. The molecule has 0 radical (unpaired) electrons. The summed E-state index contributed by atoms with van der Waals surface area (Å²) >= 11 is 0. The lowest BCUT2D eigenvalue weighted by Crippen LogP contribution is -2.12. The van der Waals surface area contributed by atoms with Crippen LogP contribution in [-0.4, -0.2) is 5.91 Å². The second-order valence-corrected chi connectivity index (χ2v) is 7.33. The molecule has 3 N–H and O–H groups in total. The van der Waals surface area contributed by atoms with Crippen molar-refractivity contribution in [2.24, 2.45) is 0 Å². The Labute approximate surface area is 170 Å². The number of rotatable bonds is 10. The van der Waals surface area contributed by atoms with Crippen LogP contribution >= 0.6 is 0 Å². The number of carbonyl (C=O) groups excluding carboxylic acids is 1. The third-order valence-corrected chi connectivity index (χ3v) is 4.88. The Morgan fingerprint density at radius 1 is 0.931 bits per heavy atom. The molecule has 0 fully saturated rings. The Morgan fingerprint density at radius 3 is 2.17 bits per heavy atom. The SMILES string of the molecule is CCCCCCCC(=O)Nc1ccc(CCc2ccc(C(F)(F)F)cc2)cc1N. The van der Waals surface area contributed by atoms with Gasteiger partial charge in [0.05, 0.1) is 16.9 Å². The van der Waals surface area contributed by atoms with Crippen LogP contribution in [0.3, 0.4) is 0 Å². The first-order chi connectivity index (χ1) is 13.8. The van der Waals surface area contributed by atoms with Gasteiger partial charge in [0.15, 0.2) is 0 Å². The average molecular weight is 406 g/mol. The van der Waals surface area contributed by atoms with Gasteiger partial charge in [-0.25, -0.2) is 0 Å². The van der Waals surface area contributed by atoms with Gasteiger partial charge in [-0.2, -0.15) is 13.2 Å². The fourth-order valence-electron chi connectivity index (χ4n) is 3.13. The minimum atomic E-state index is -4.32. The Balaban J connectivity index is 1.83. The summed E-state index contributed by atoms with van der Waals surface area (Å²) in [5.41, 5.74) is 8.31. The molecule has 1 amide bonds. The summed E-state index contributed by atoms with van der Waals surface area (Å²) < 4.78 is 37.9. The van der Waals surface area contributed by atoms with Crippen LogP contribution in [0.1, 0.15) is 62.1 Å². The molecule has 2 rings (SSSR count). The van der Waals surface area contributed by atoms with E-state index in [9.17, 15) is 18.0 Å². The van der Waals surface area contributed by atoms with Crippen molar-refractivity contribution in [3.05, 3.63) is 59.2 Å². The lowest BCUT2D eigenvalue weighted by atomic mass is 10.0. The zero-order valence-corrected chi connectivity index (χ0v) is 16.8.